The van der Waals surface area contributed by atoms with Gasteiger partial charge in [-0.05, 0) is 37.0 Å². The molecule has 0 radical (unpaired) electrons. The van der Waals surface area contributed by atoms with E-state index in [1.165, 1.54) is 0 Å². The predicted molar refractivity (Wildman–Crippen MR) is 69.0 cm³/mol. The number of nitro benzene ring substituents is 1. The van der Waals surface area contributed by atoms with Crippen LogP contribution in [-0.4, -0.2) is 4.92 Å². The van der Waals surface area contributed by atoms with E-state index in [-0.39, 0.29) is 16.7 Å². The number of unbranched alkanes of at least 4 members (excludes halogenated alkanes) is 1. The number of non-ortho nitro benzene ring substituents is 1. The van der Waals surface area contributed by atoms with Crippen LogP contribution in [0.25, 0.3) is 0 Å². The smallest absolute Gasteiger partial charge is 0.270 e. The summed E-state index contributed by atoms with van der Waals surface area (Å²) < 4.78 is 0. The Labute approximate surface area is 102 Å². The highest BCUT2D eigenvalue weighted by atomic mass is 16.6. The summed E-state index contributed by atoms with van der Waals surface area (Å²) in [5, 5.41) is 10.8. The first-order valence-electron chi connectivity index (χ1n) is 5.98. The van der Waals surface area contributed by atoms with Crippen molar-refractivity contribution in [1.29, 1.82) is 0 Å². The molecule has 17 heavy (non-hydrogen) atoms. The van der Waals surface area contributed by atoms with Crippen LogP contribution >= 0.6 is 0 Å². The standard InChI is InChI=1S/C13H20N2O2/c1-4-5-6-13(14)12-8-11(15(16)17)7-9(2)10(12)3/h7-8,13H,4-6,14H2,1-3H3. The zero-order valence-corrected chi connectivity index (χ0v) is 10.7. The van der Waals surface area contributed by atoms with Gasteiger partial charge in [0.1, 0.15) is 0 Å². The van der Waals surface area contributed by atoms with Gasteiger partial charge in [0.05, 0.1) is 4.92 Å². The summed E-state index contributed by atoms with van der Waals surface area (Å²) in [5.41, 5.74) is 9.14. The Bertz CT molecular complexity index is 416. The minimum Gasteiger partial charge on any atom is -0.324 e. The molecule has 94 valence electrons. The predicted octanol–water partition coefficient (Wildman–Crippen LogP) is 3.40. The molecular weight excluding hydrogens is 216 g/mol. The van der Waals surface area contributed by atoms with Gasteiger partial charge in [0.15, 0.2) is 0 Å². The number of rotatable bonds is 5. The van der Waals surface area contributed by atoms with Crippen molar-refractivity contribution in [3.05, 3.63) is 38.9 Å². The molecule has 0 heterocycles. The summed E-state index contributed by atoms with van der Waals surface area (Å²) in [7, 11) is 0. The van der Waals surface area contributed by atoms with E-state index in [1.54, 1.807) is 12.1 Å². The fraction of sp³-hybridized carbons (Fsp3) is 0.538. The van der Waals surface area contributed by atoms with Crippen molar-refractivity contribution in [1.82, 2.24) is 0 Å². The van der Waals surface area contributed by atoms with Gasteiger partial charge in [0.2, 0.25) is 0 Å². The van der Waals surface area contributed by atoms with Crippen LogP contribution in [0.5, 0.6) is 0 Å². The SMILES string of the molecule is CCCCC(N)c1cc([N+](=O)[O-])cc(C)c1C. The molecule has 0 saturated carbocycles. The number of hydrogen-bond donors (Lipinski definition) is 1. The highest BCUT2D eigenvalue weighted by Gasteiger charge is 2.16. The molecule has 4 nitrogen and oxygen atoms in total. The third-order valence-corrected chi connectivity index (χ3v) is 3.17. The third-order valence-electron chi connectivity index (χ3n) is 3.17. The zero-order valence-electron chi connectivity index (χ0n) is 10.7. The first-order valence-corrected chi connectivity index (χ1v) is 5.98. The van der Waals surface area contributed by atoms with Gasteiger partial charge in [-0.1, -0.05) is 19.8 Å². The van der Waals surface area contributed by atoms with Gasteiger partial charge >= 0.3 is 0 Å². The molecule has 0 aliphatic carbocycles. The molecule has 0 aliphatic rings. The largest absolute Gasteiger partial charge is 0.324 e. The van der Waals surface area contributed by atoms with Crippen molar-refractivity contribution >= 4 is 5.69 Å². The summed E-state index contributed by atoms with van der Waals surface area (Å²) in [4.78, 5) is 10.5. The molecule has 0 aromatic heterocycles. The second-order valence-corrected chi connectivity index (χ2v) is 4.48. The Morgan fingerprint density at radius 3 is 2.59 bits per heavy atom. The molecular formula is C13H20N2O2. The van der Waals surface area contributed by atoms with Gasteiger partial charge in [0, 0.05) is 18.2 Å². The molecule has 0 amide bonds. The van der Waals surface area contributed by atoms with Crippen LogP contribution in [-0.2, 0) is 0 Å². The molecule has 1 unspecified atom stereocenters. The lowest BCUT2D eigenvalue weighted by Crippen LogP contribution is -2.12. The first-order chi connectivity index (χ1) is 7.97. The van der Waals surface area contributed by atoms with Gasteiger partial charge in [-0.15, -0.1) is 0 Å². The van der Waals surface area contributed by atoms with Crippen LogP contribution in [0.4, 0.5) is 5.69 Å². The topological polar surface area (TPSA) is 69.2 Å². The normalized spacial score (nSPS) is 12.5. The molecule has 0 saturated heterocycles. The second-order valence-electron chi connectivity index (χ2n) is 4.48. The van der Waals surface area contributed by atoms with Crippen molar-refractivity contribution in [2.24, 2.45) is 5.73 Å². The van der Waals surface area contributed by atoms with Crippen LogP contribution in [0.3, 0.4) is 0 Å². The van der Waals surface area contributed by atoms with Gasteiger partial charge in [-0.3, -0.25) is 10.1 Å². The summed E-state index contributed by atoms with van der Waals surface area (Å²) in [6.45, 7) is 5.97. The summed E-state index contributed by atoms with van der Waals surface area (Å²) in [6, 6.07) is 3.11. The number of nitrogens with two attached hydrogens (primary N) is 1. The van der Waals surface area contributed by atoms with E-state index >= 15 is 0 Å². The molecule has 0 bridgehead atoms. The molecule has 1 aromatic rings. The van der Waals surface area contributed by atoms with Crippen molar-refractivity contribution in [3.8, 4) is 0 Å². The van der Waals surface area contributed by atoms with E-state index < -0.39 is 0 Å². The summed E-state index contributed by atoms with van der Waals surface area (Å²) >= 11 is 0. The Balaban J connectivity index is 3.08. The zero-order chi connectivity index (χ0) is 13.0. The number of nitro groups is 1. The minimum absolute atomic E-state index is 0.103. The van der Waals surface area contributed by atoms with Crippen molar-refractivity contribution in [2.75, 3.05) is 0 Å². The maximum absolute atomic E-state index is 10.8. The average Bonchev–Trinajstić information content (AvgIpc) is 2.29. The van der Waals surface area contributed by atoms with Crippen LogP contribution < -0.4 is 5.73 Å². The molecule has 0 fully saturated rings. The molecule has 2 N–H and O–H groups in total. The third kappa shape index (κ3) is 3.27. The first kappa shape index (κ1) is 13.6. The second kappa shape index (κ2) is 5.77. The van der Waals surface area contributed by atoms with Crippen LogP contribution in [0.1, 0.15) is 48.9 Å². The lowest BCUT2D eigenvalue weighted by atomic mass is 9.94. The maximum atomic E-state index is 10.8. The minimum atomic E-state index is -0.359. The molecule has 1 rings (SSSR count). The van der Waals surface area contributed by atoms with E-state index in [9.17, 15) is 10.1 Å². The van der Waals surface area contributed by atoms with Crippen LogP contribution in [0, 0.1) is 24.0 Å². The van der Waals surface area contributed by atoms with E-state index in [1.807, 2.05) is 13.8 Å². The van der Waals surface area contributed by atoms with Crippen molar-refractivity contribution in [3.63, 3.8) is 0 Å². The molecule has 4 heteroatoms. The van der Waals surface area contributed by atoms with Crippen LogP contribution in [0.15, 0.2) is 12.1 Å². The molecule has 0 spiro atoms. The van der Waals surface area contributed by atoms with Gasteiger partial charge < -0.3 is 5.73 Å². The molecule has 1 atom stereocenters. The quantitative estimate of drug-likeness (QED) is 0.629. The number of nitrogens with zero attached hydrogens (tertiary/aromatic N) is 1. The highest BCUT2D eigenvalue weighted by Crippen LogP contribution is 2.27. The molecule has 1 aromatic carbocycles. The maximum Gasteiger partial charge on any atom is 0.270 e. The van der Waals surface area contributed by atoms with Crippen molar-refractivity contribution in [2.45, 2.75) is 46.1 Å². The lowest BCUT2D eigenvalue weighted by Gasteiger charge is -2.15. The lowest BCUT2D eigenvalue weighted by molar-refractivity contribution is -0.385. The Morgan fingerprint density at radius 2 is 2.06 bits per heavy atom. The van der Waals surface area contributed by atoms with E-state index in [4.69, 9.17) is 5.73 Å². The fourth-order valence-electron chi connectivity index (χ4n) is 1.94. The van der Waals surface area contributed by atoms with Crippen LogP contribution in [0.2, 0.25) is 0 Å². The van der Waals surface area contributed by atoms with Gasteiger partial charge in [0.25, 0.3) is 5.69 Å². The number of aryl methyl sites for hydroxylation is 1. The van der Waals surface area contributed by atoms with Gasteiger partial charge in [-0.25, -0.2) is 0 Å². The Hall–Kier alpha value is -1.42. The summed E-state index contributed by atoms with van der Waals surface area (Å²) in [6.07, 6.45) is 3.00. The van der Waals surface area contributed by atoms with Gasteiger partial charge in [-0.2, -0.15) is 0 Å². The monoisotopic (exact) mass is 236 g/mol. The van der Waals surface area contributed by atoms with E-state index in [0.717, 1.165) is 36.0 Å². The average molecular weight is 236 g/mol. The van der Waals surface area contributed by atoms with Crippen molar-refractivity contribution < 1.29 is 4.92 Å². The Morgan fingerprint density at radius 1 is 1.41 bits per heavy atom. The highest BCUT2D eigenvalue weighted by molar-refractivity contribution is 5.45. The number of hydrogen-bond acceptors (Lipinski definition) is 3. The number of benzene rings is 1. The Kier molecular flexibility index (Phi) is 4.63. The van der Waals surface area contributed by atoms with E-state index in [0.29, 0.717) is 0 Å². The summed E-state index contributed by atoms with van der Waals surface area (Å²) in [5.74, 6) is 0. The molecule has 0 aliphatic heterocycles. The fourth-order valence-corrected chi connectivity index (χ4v) is 1.94. The van der Waals surface area contributed by atoms with E-state index in [2.05, 4.69) is 6.92 Å².